The normalized spacial score (nSPS) is 11.7. The third-order valence-corrected chi connectivity index (χ3v) is 3.25. The molecule has 1 aromatic carbocycles. The van der Waals surface area contributed by atoms with Crippen LogP contribution in [-0.4, -0.2) is 29.7 Å². The summed E-state index contributed by atoms with van der Waals surface area (Å²) in [5.41, 5.74) is 8.80. The van der Waals surface area contributed by atoms with Crippen molar-refractivity contribution >= 4 is 15.7 Å². The molecule has 3 N–H and O–H groups in total. The molecule has 0 amide bonds. The van der Waals surface area contributed by atoms with E-state index in [1.165, 1.54) is 0 Å². The van der Waals surface area contributed by atoms with Crippen molar-refractivity contribution < 1.29 is 8.42 Å². The Kier molecular flexibility index (Phi) is 3.54. The average Bonchev–Trinajstić information content (AvgIpc) is 2.78. The molecule has 2 rings (SSSR count). The number of aromatic nitrogens is 3. The Labute approximate surface area is 111 Å². The van der Waals surface area contributed by atoms with Gasteiger partial charge in [-0.2, -0.15) is 0 Å². The van der Waals surface area contributed by atoms with Gasteiger partial charge in [-0.15, -0.1) is 5.10 Å². The molecule has 7 nitrogen and oxygen atoms in total. The van der Waals surface area contributed by atoms with Crippen LogP contribution in [0.15, 0.2) is 24.4 Å². The Hall–Kier alpha value is -1.93. The summed E-state index contributed by atoms with van der Waals surface area (Å²) in [5, 5.41) is 7.83. The second-order valence-electron chi connectivity index (χ2n) is 4.29. The first kappa shape index (κ1) is 13.5. The van der Waals surface area contributed by atoms with E-state index in [-0.39, 0.29) is 6.54 Å². The van der Waals surface area contributed by atoms with Gasteiger partial charge in [0, 0.05) is 5.69 Å². The first-order valence-corrected chi connectivity index (χ1v) is 7.47. The maximum Gasteiger partial charge on any atom is 0.209 e. The van der Waals surface area contributed by atoms with E-state index in [0.717, 1.165) is 17.5 Å². The van der Waals surface area contributed by atoms with Gasteiger partial charge in [-0.1, -0.05) is 11.3 Å². The van der Waals surface area contributed by atoms with Gasteiger partial charge in [-0.05, 0) is 24.6 Å². The molecule has 0 aliphatic heterocycles. The lowest BCUT2D eigenvalue weighted by molar-refractivity contribution is 0.586. The van der Waals surface area contributed by atoms with Gasteiger partial charge in [0.25, 0.3) is 0 Å². The predicted octanol–water partition coefficient (Wildman–Crippen LogP) is 0.207. The Morgan fingerprint density at radius 1 is 1.42 bits per heavy atom. The van der Waals surface area contributed by atoms with Gasteiger partial charge in [0.15, 0.2) is 0 Å². The van der Waals surface area contributed by atoms with Crippen molar-refractivity contribution in [3.05, 3.63) is 35.7 Å². The second kappa shape index (κ2) is 4.98. The van der Waals surface area contributed by atoms with Crippen LogP contribution in [0.5, 0.6) is 0 Å². The lowest BCUT2D eigenvalue weighted by atomic mass is 10.2. The zero-order valence-corrected chi connectivity index (χ0v) is 11.5. The first-order chi connectivity index (χ1) is 8.85. The maximum absolute atomic E-state index is 11.0. The van der Waals surface area contributed by atoms with E-state index in [2.05, 4.69) is 15.0 Å². The van der Waals surface area contributed by atoms with Gasteiger partial charge < -0.3 is 5.73 Å². The maximum atomic E-state index is 11.0. The Morgan fingerprint density at radius 2 is 2.16 bits per heavy atom. The molecular formula is C11H15N5O2S. The van der Waals surface area contributed by atoms with Gasteiger partial charge in [0.1, 0.15) is 0 Å². The predicted molar refractivity (Wildman–Crippen MR) is 72.2 cm³/mol. The number of hydrogen-bond acceptors (Lipinski definition) is 5. The van der Waals surface area contributed by atoms with E-state index in [9.17, 15) is 8.42 Å². The number of nitrogens with one attached hydrogen (secondary N) is 1. The molecule has 0 saturated carbocycles. The van der Waals surface area contributed by atoms with Crippen LogP contribution >= 0.6 is 0 Å². The van der Waals surface area contributed by atoms with E-state index in [4.69, 9.17) is 5.73 Å². The number of hydrogen-bond donors (Lipinski definition) is 2. The van der Waals surface area contributed by atoms with Crippen LogP contribution in [0.2, 0.25) is 0 Å². The molecule has 0 saturated heterocycles. The smallest absolute Gasteiger partial charge is 0.209 e. The molecule has 1 aromatic heterocycles. The van der Waals surface area contributed by atoms with E-state index in [1.54, 1.807) is 16.9 Å². The standard InChI is InChI=1S/C11H15N5O2S/c1-8-3-4-10(5-11(8)12)16-7-9(14-15-16)6-13-19(2,17)18/h3-5,7,13H,6,12H2,1-2H3. The summed E-state index contributed by atoms with van der Waals surface area (Å²) in [6.45, 7) is 2.03. The Bertz CT molecular complexity index is 693. The highest BCUT2D eigenvalue weighted by Crippen LogP contribution is 2.15. The molecule has 1 heterocycles. The van der Waals surface area contributed by atoms with Crippen LogP contribution in [0.1, 0.15) is 11.3 Å². The lowest BCUT2D eigenvalue weighted by Crippen LogP contribution is -2.21. The number of nitrogen functional groups attached to an aromatic ring is 1. The van der Waals surface area contributed by atoms with Crippen LogP contribution in [-0.2, 0) is 16.6 Å². The van der Waals surface area contributed by atoms with Crippen molar-refractivity contribution in [2.24, 2.45) is 0 Å². The van der Waals surface area contributed by atoms with E-state index >= 15 is 0 Å². The number of nitrogens with zero attached hydrogens (tertiary/aromatic N) is 3. The molecule has 2 aromatic rings. The monoisotopic (exact) mass is 281 g/mol. The molecule has 0 bridgehead atoms. The van der Waals surface area contributed by atoms with Gasteiger partial charge in [0.05, 0.1) is 30.4 Å². The highest BCUT2D eigenvalue weighted by molar-refractivity contribution is 7.88. The largest absolute Gasteiger partial charge is 0.398 e. The third-order valence-electron chi connectivity index (χ3n) is 2.58. The number of aryl methyl sites for hydroxylation is 1. The quantitative estimate of drug-likeness (QED) is 0.780. The Morgan fingerprint density at radius 3 is 2.79 bits per heavy atom. The zero-order valence-electron chi connectivity index (χ0n) is 10.7. The Balaban J connectivity index is 2.18. The van der Waals surface area contributed by atoms with Gasteiger partial charge in [-0.25, -0.2) is 17.8 Å². The van der Waals surface area contributed by atoms with E-state index in [1.807, 2.05) is 19.1 Å². The third kappa shape index (κ3) is 3.52. The van der Waals surface area contributed by atoms with Crippen molar-refractivity contribution in [1.29, 1.82) is 0 Å². The fourth-order valence-electron chi connectivity index (χ4n) is 1.48. The van der Waals surface area contributed by atoms with Crippen molar-refractivity contribution in [1.82, 2.24) is 19.7 Å². The molecule has 102 valence electrons. The zero-order chi connectivity index (χ0) is 14.0. The summed E-state index contributed by atoms with van der Waals surface area (Å²) in [5.74, 6) is 0. The summed E-state index contributed by atoms with van der Waals surface area (Å²) in [4.78, 5) is 0. The average molecular weight is 281 g/mol. The summed E-state index contributed by atoms with van der Waals surface area (Å²) < 4.78 is 25.9. The molecule has 0 aliphatic rings. The van der Waals surface area contributed by atoms with Gasteiger partial charge in [0.2, 0.25) is 10.0 Å². The van der Waals surface area contributed by atoms with Crippen molar-refractivity contribution in [3.63, 3.8) is 0 Å². The fraction of sp³-hybridized carbons (Fsp3) is 0.273. The summed E-state index contributed by atoms with van der Waals surface area (Å²) in [7, 11) is -3.24. The summed E-state index contributed by atoms with van der Waals surface area (Å²) >= 11 is 0. The van der Waals surface area contributed by atoms with E-state index in [0.29, 0.717) is 11.4 Å². The molecule has 19 heavy (non-hydrogen) atoms. The van der Waals surface area contributed by atoms with Crippen molar-refractivity contribution in [3.8, 4) is 5.69 Å². The number of anilines is 1. The summed E-state index contributed by atoms with van der Waals surface area (Å²) in [6.07, 6.45) is 2.75. The number of nitrogens with two attached hydrogens (primary N) is 1. The molecule has 0 spiro atoms. The molecular weight excluding hydrogens is 266 g/mol. The fourth-order valence-corrected chi connectivity index (χ4v) is 1.89. The lowest BCUT2D eigenvalue weighted by Gasteiger charge is -2.03. The molecule has 0 radical (unpaired) electrons. The molecule has 8 heteroatoms. The van der Waals surface area contributed by atoms with Crippen molar-refractivity contribution in [2.75, 3.05) is 12.0 Å². The topological polar surface area (TPSA) is 103 Å². The minimum atomic E-state index is -3.24. The van der Waals surface area contributed by atoms with E-state index < -0.39 is 10.0 Å². The van der Waals surface area contributed by atoms with Crippen LogP contribution in [0.4, 0.5) is 5.69 Å². The van der Waals surface area contributed by atoms with Crippen LogP contribution in [0, 0.1) is 6.92 Å². The summed E-state index contributed by atoms with van der Waals surface area (Å²) in [6, 6.07) is 5.55. The SMILES string of the molecule is Cc1ccc(-n2cc(CNS(C)(=O)=O)nn2)cc1N. The molecule has 0 fully saturated rings. The highest BCUT2D eigenvalue weighted by Gasteiger charge is 2.06. The van der Waals surface area contributed by atoms with Crippen LogP contribution in [0.25, 0.3) is 5.69 Å². The molecule has 0 aliphatic carbocycles. The number of rotatable bonds is 4. The van der Waals surface area contributed by atoms with Crippen LogP contribution in [0.3, 0.4) is 0 Å². The molecule has 0 atom stereocenters. The van der Waals surface area contributed by atoms with Gasteiger partial charge in [-0.3, -0.25) is 0 Å². The number of sulfonamides is 1. The van der Waals surface area contributed by atoms with Crippen LogP contribution < -0.4 is 10.5 Å². The minimum Gasteiger partial charge on any atom is -0.398 e. The van der Waals surface area contributed by atoms with Crippen molar-refractivity contribution in [2.45, 2.75) is 13.5 Å². The first-order valence-electron chi connectivity index (χ1n) is 5.57. The van der Waals surface area contributed by atoms with Gasteiger partial charge >= 0.3 is 0 Å². The highest BCUT2D eigenvalue weighted by atomic mass is 32.2. The number of benzene rings is 1. The minimum absolute atomic E-state index is 0.111. The molecule has 0 unspecified atom stereocenters. The second-order valence-corrected chi connectivity index (χ2v) is 6.12.